The number of ether oxygens (including phenoxy) is 1. The number of fused-ring (bicyclic) bond motifs is 1. The first kappa shape index (κ1) is 16.8. The van der Waals surface area contributed by atoms with Crippen LogP contribution in [-0.2, 0) is 13.1 Å². The number of carboxylic acids is 1. The van der Waals surface area contributed by atoms with Crippen molar-refractivity contribution in [2.24, 2.45) is 0 Å². The van der Waals surface area contributed by atoms with Crippen LogP contribution >= 0.6 is 0 Å². The average Bonchev–Trinajstić information content (AvgIpc) is 3.09. The molecule has 0 spiro atoms. The van der Waals surface area contributed by atoms with Gasteiger partial charge in [0, 0.05) is 19.3 Å². The number of nitrogens with zero attached hydrogens (tertiary/aromatic N) is 2. The van der Waals surface area contributed by atoms with Crippen LogP contribution in [0.25, 0.3) is 10.9 Å². The van der Waals surface area contributed by atoms with E-state index in [0.29, 0.717) is 30.0 Å². The SMILES string of the molecule is CC1COc2c(N3Cc4ccccc4C3)c(F)cc3c(=O)c(C(=O)O)cn1c23. The Bertz CT molecular complexity index is 1190. The number of aromatic nitrogens is 1. The van der Waals surface area contributed by atoms with Crippen molar-refractivity contribution in [2.75, 3.05) is 11.5 Å². The van der Waals surface area contributed by atoms with Crippen LogP contribution in [0.4, 0.5) is 10.1 Å². The van der Waals surface area contributed by atoms with Crippen molar-refractivity contribution >= 4 is 22.6 Å². The zero-order chi connectivity index (χ0) is 19.6. The van der Waals surface area contributed by atoms with Gasteiger partial charge < -0.3 is 19.3 Å². The third-order valence-corrected chi connectivity index (χ3v) is 5.53. The van der Waals surface area contributed by atoms with Crippen molar-refractivity contribution in [3.63, 3.8) is 0 Å². The van der Waals surface area contributed by atoms with Crippen LogP contribution < -0.4 is 15.1 Å². The molecule has 1 N–H and O–H groups in total. The van der Waals surface area contributed by atoms with Crippen molar-refractivity contribution in [2.45, 2.75) is 26.1 Å². The van der Waals surface area contributed by atoms with Crippen molar-refractivity contribution in [3.05, 3.63) is 69.3 Å². The summed E-state index contributed by atoms with van der Waals surface area (Å²) in [7, 11) is 0. The van der Waals surface area contributed by atoms with E-state index in [1.165, 1.54) is 6.20 Å². The molecule has 0 radical (unpaired) electrons. The summed E-state index contributed by atoms with van der Waals surface area (Å²) in [5, 5.41) is 9.40. The van der Waals surface area contributed by atoms with E-state index in [1.54, 1.807) is 4.57 Å². The molecule has 0 amide bonds. The van der Waals surface area contributed by atoms with E-state index in [1.807, 2.05) is 36.1 Å². The molecular formula is C21H17FN2O4. The fourth-order valence-corrected chi connectivity index (χ4v) is 4.15. The van der Waals surface area contributed by atoms with Gasteiger partial charge in [-0.2, -0.15) is 0 Å². The highest BCUT2D eigenvalue weighted by Gasteiger charge is 2.32. The third-order valence-electron chi connectivity index (χ3n) is 5.53. The van der Waals surface area contributed by atoms with Crippen LogP contribution in [0.1, 0.15) is 34.5 Å². The van der Waals surface area contributed by atoms with Crippen molar-refractivity contribution in [1.29, 1.82) is 0 Å². The molecule has 0 bridgehead atoms. The van der Waals surface area contributed by atoms with Crippen molar-refractivity contribution in [3.8, 4) is 5.75 Å². The number of anilines is 1. The number of carboxylic acid groups (broad SMARTS) is 1. The molecule has 3 aromatic rings. The summed E-state index contributed by atoms with van der Waals surface area (Å²) >= 11 is 0. The summed E-state index contributed by atoms with van der Waals surface area (Å²) in [5.74, 6) is -1.61. The highest BCUT2D eigenvalue weighted by molar-refractivity contribution is 5.97. The lowest BCUT2D eigenvalue weighted by Crippen LogP contribution is -2.28. The average molecular weight is 380 g/mol. The fraction of sp³-hybridized carbons (Fsp3) is 0.238. The highest BCUT2D eigenvalue weighted by Crippen LogP contribution is 2.44. The molecule has 0 fully saturated rings. The van der Waals surface area contributed by atoms with Crippen LogP contribution in [0.3, 0.4) is 0 Å². The van der Waals surface area contributed by atoms with E-state index in [0.717, 1.165) is 17.2 Å². The molecule has 1 aromatic heterocycles. The molecule has 5 rings (SSSR count). The Morgan fingerprint density at radius 2 is 1.93 bits per heavy atom. The molecule has 1 unspecified atom stereocenters. The summed E-state index contributed by atoms with van der Waals surface area (Å²) < 4.78 is 22.8. The number of carbonyl (C=O) groups is 1. The largest absolute Gasteiger partial charge is 0.487 e. The number of pyridine rings is 1. The van der Waals surface area contributed by atoms with E-state index in [9.17, 15) is 14.7 Å². The normalized spacial score (nSPS) is 17.5. The van der Waals surface area contributed by atoms with Gasteiger partial charge in [-0.05, 0) is 24.1 Å². The molecule has 2 aromatic carbocycles. The summed E-state index contributed by atoms with van der Waals surface area (Å²) in [4.78, 5) is 26.0. The Kier molecular flexibility index (Phi) is 3.49. The molecule has 2 aliphatic heterocycles. The molecule has 2 aliphatic rings. The Labute approximate surface area is 159 Å². The molecule has 6 nitrogen and oxygen atoms in total. The van der Waals surface area contributed by atoms with Crippen LogP contribution in [-0.4, -0.2) is 22.2 Å². The van der Waals surface area contributed by atoms with Gasteiger partial charge in [0.25, 0.3) is 0 Å². The Morgan fingerprint density at radius 3 is 2.57 bits per heavy atom. The van der Waals surface area contributed by atoms with E-state index < -0.39 is 17.2 Å². The van der Waals surface area contributed by atoms with Gasteiger partial charge in [-0.1, -0.05) is 24.3 Å². The molecular weight excluding hydrogens is 363 g/mol. The summed E-state index contributed by atoms with van der Waals surface area (Å²) in [5.41, 5.74) is 1.93. The second-order valence-corrected chi connectivity index (χ2v) is 7.30. The summed E-state index contributed by atoms with van der Waals surface area (Å²) in [6.45, 7) is 3.22. The highest BCUT2D eigenvalue weighted by atomic mass is 19.1. The first-order valence-electron chi connectivity index (χ1n) is 9.05. The molecule has 28 heavy (non-hydrogen) atoms. The topological polar surface area (TPSA) is 71.8 Å². The standard InChI is InChI=1S/C21H17FN2O4/c1-11-10-28-20-17-14(19(25)15(21(26)27)9-24(11)17)6-16(22)18(20)23-7-12-4-2-3-5-13(12)8-23/h2-6,9,11H,7-8,10H2,1H3,(H,26,27). The van der Waals surface area contributed by atoms with Gasteiger partial charge >= 0.3 is 5.97 Å². The van der Waals surface area contributed by atoms with Crippen molar-refractivity contribution in [1.82, 2.24) is 4.57 Å². The van der Waals surface area contributed by atoms with Gasteiger partial charge in [0.05, 0.1) is 16.9 Å². The second kappa shape index (κ2) is 5.82. The predicted molar refractivity (Wildman–Crippen MR) is 102 cm³/mol. The first-order chi connectivity index (χ1) is 13.5. The van der Waals surface area contributed by atoms with Gasteiger partial charge in [-0.3, -0.25) is 4.79 Å². The molecule has 3 heterocycles. The Hall–Kier alpha value is -3.35. The fourth-order valence-electron chi connectivity index (χ4n) is 4.15. The minimum atomic E-state index is -1.32. The number of aromatic carboxylic acids is 1. The number of halogens is 1. The van der Waals surface area contributed by atoms with Gasteiger partial charge in [-0.25, -0.2) is 9.18 Å². The molecule has 0 saturated carbocycles. The lowest BCUT2D eigenvalue weighted by atomic mass is 10.1. The van der Waals surface area contributed by atoms with Gasteiger partial charge in [0.15, 0.2) is 11.6 Å². The molecule has 0 saturated heterocycles. The van der Waals surface area contributed by atoms with Crippen molar-refractivity contribution < 1.29 is 19.0 Å². The maximum absolute atomic E-state index is 15.2. The molecule has 7 heteroatoms. The number of rotatable bonds is 2. The van der Waals surface area contributed by atoms with Crippen LogP contribution in [0.5, 0.6) is 5.75 Å². The zero-order valence-corrected chi connectivity index (χ0v) is 15.1. The smallest absolute Gasteiger partial charge is 0.341 e. The first-order valence-corrected chi connectivity index (χ1v) is 9.05. The van der Waals surface area contributed by atoms with Gasteiger partial charge in [-0.15, -0.1) is 0 Å². The van der Waals surface area contributed by atoms with Crippen LogP contribution in [0.2, 0.25) is 0 Å². The summed E-state index contributed by atoms with van der Waals surface area (Å²) in [6, 6.07) is 8.89. The molecule has 142 valence electrons. The van der Waals surface area contributed by atoms with Crippen LogP contribution in [0, 0.1) is 5.82 Å². The van der Waals surface area contributed by atoms with E-state index >= 15 is 4.39 Å². The van der Waals surface area contributed by atoms with Crippen LogP contribution in [0.15, 0.2) is 41.3 Å². The Morgan fingerprint density at radius 1 is 1.25 bits per heavy atom. The molecule has 1 atom stereocenters. The van der Waals surface area contributed by atoms with Gasteiger partial charge in [0.2, 0.25) is 5.43 Å². The number of benzene rings is 2. The monoisotopic (exact) mass is 380 g/mol. The molecule has 0 aliphatic carbocycles. The van der Waals surface area contributed by atoms with Gasteiger partial charge in [0.1, 0.15) is 17.9 Å². The maximum atomic E-state index is 15.2. The van der Waals surface area contributed by atoms with E-state index in [-0.39, 0.29) is 23.6 Å². The minimum absolute atomic E-state index is 0.0272. The predicted octanol–water partition coefficient (Wildman–Crippen LogP) is 3.31. The number of hydrogen-bond donors (Lipinski definition) is 1. The Balaban J connectivity index is 1.78. The zero-order valence-electron chi connectivity index (χ0n) is 15.1. The van der Waals surface area contributed by atoms with E-state index in [2.05, 4.69) is 0 Å². The third kappa shape index (κ3) is 2.25. The quantitative estimate of drug-likeness (QED) is 0.739. The maximum Gasteiger partial charge on any atom is 0.341 e. The lowest BCUT2D eigenvalue weighted by molar-refractivity contribution is 0.0694. The lowest BCUT2D eigenvalue weighted by Gasteiger charge is -2.31. The van der Waals surface area contributed by atoms with E-state index in [4.69, 9.17) is 4.74 Å². The second-order valence-electron chi connectivity index (χ2n) is 7.30. The number of hydrogen-bond acceptors (Lipinski definition) is 4. The summed E-state index contributed by atoms with van der Waals surface area (Å²) in [6.07, 6.45) is 1.34. The minimum Gasteiger partial charge on any atom is -0.487 e.